The highest BCUT2D eigenvalue weighted by Crippen LogP contribution is 2.42. The summed E-state index contributed by atoms with van der Waals surface area (Å²) in [5.41, 5.74) is 1.74. The van der Waals surface area contributed by atoms with Crippen molar-refractivity contribution in [3.63, 3.8) is 0 Å². The largest absolute Gasteiger partial charge is 0.497 e. The molecule has 1 saturated heterocycles. The Balaban J connectivity index is 1.62. The van der Waals surface area contributed by atoms with Crippen LogP contribution in [0.4, 0.5) is 24.5 Å². The van der Waals surface area contributed by atoms with Gasteiger partial charge in [0.25, 0.3) is 0 Å². The number of rotatable bonds is 5. The van der Waals surface area contributed by atoms with Crippen LogP contribution >= 0.6 is 0 Å². The molecule has 3 aliphatic heterocycles. The Morgan fingerprint density at radius 2 is 1.83 bits per heavy atom. The highest BCUT2D eigenvalue weighted by Gasteiger charge is 2.38. The van der Waals surface area contributed by atoms with Gasteiger partial charge in [0.2, 0.25) is 0 Å². The summed E-state index contributed by atoms with van der Waals surface area (Å²) in [4.78, 5) is 1.89. The minimum Gasteiger partial charge on any atom is -0.497 e. The van der Waals surface area contributed by atoms with Crippen LogP contribution in [0.2, 0.25) is 0 Å². The summed E-state index contributed by atoms with van der Waals surface area (Å²) in [6.45, 7) is 1.59. The fraction of sp³-hybridized carbons (Fsp3) is 0.400. The van der Waals surface area contributed by atoms with E-state index in [0.29, 0.717) is 66.8 Å². The maximum absolute atomic E-state index is 14.1. The van der Waals surface area contributed by atoms with Crippen molar-refractivity contribution in [1.82, 2.24) is 0 Å². The number of alkyl halides is 3. The summed E-state index contributed by atoms with van der Waals surface area (Å²) in [6.07, 6.45) is -3.88. The van der Waals surface area contributed by atoms with Crippen LogP contribution in [0.1, 0.15) is 24.0 Å². The number of hydrogen-bond donors (Lipinski definition) is 1. The van der Waals surface area contributed by atoms with E-state index in [2.05, 4.69) is 5.10 Å². The average molecular weight is 489 g/mol. The number of benzene rings is 2. The number of methoxy groups -OCH3 is 2. The van der Waals surface area contributed by atoms with Gasteiger partial charge in [0.15, 0.2) is 0 Å². The number of hydrogen-bond acceptors (Lipinski definition) is 7. The van der Waals surface area contributed by atoms with E-state index in [-0.39, 0.29) is 12.2 Å². The van der Waals surface area contributed by atoms with Gasteiger partial charge in [0.1, 0.15) is 23.0 Å². The first-order valence-corrected chi connectivity index (χ1v) is 11.4. The predicted octanol–water partition coefficient (Wildman–Crippen LogP) is 4.19. The fourth-order valence-electron chi connectivity index (χ4n) is 4.68. The Morgan fingerprint density at radius 3 is 2.46 bits per heavy atom. The molecule has 0 saturated carbocycles. The number of aliphatic hydroxyl groups is 1. The molecule has 1 N–H and O–H groups in total. The summed E-state index contributed by atoms with van der Waals surface area (Å²) in [5, 5.41) is 16.0. The molecule has 1 fully saturated rings. The van der Waals surface area contributed by atoms with Gasteiger partial charge in [-0.2, -0.15) is 18.3 Å². The van der Waals surface area contributed by atoms with E-state index in [0.717, 1.165) is 11.6 Å². The Labute approximate surface area is 201 Å². The van der Waals surface area contributed by atoms with Crippen LogP contribution in [0.25, 0.3) is 0 Å². The topological polar surface area (TPSA) is 66.8 Å². The molecule has 0 unspecified atom stereocenters. The summed E-state index contributed by atoms with van der Waals surface area (Å²) >= 11 is 0. The predicted molar refractivity (Wildman–Crippen MR) is 125 cm³/mol. The first-order chi connectivity index (χ1) is 16.8. The van der Waals surface area contributed by atoms with Gasteiger partial charge in [-0.25, -0.2) is 0 Å². The third-order valence-electron chi connectivity index (χ3n) is 6.47. The first kappa shape index (κ1) is 23.3. The molecule has 35 heavy (non-hydrogen) atoms. The molecular weight excluding hydrogens is 463 g/mol. The Bertz CT molecular complexity index is 1170. The lowest BCUT2D eigenvalue weighted by atomic mass is 10.0. The second-order valence-electron chi connectivity index (χ2n) is 8.73. The van der Waals surface area contributed by atoms with E-state index in [9.17, 15) is 18.3 Å². The summed E-state index contributed by atoms with van der Waals surface area (Å²) in [6, 6.07) is 9.28. The number of allylic oxidation sites excluding steroid dienone is 1. The van der Waals surface area contributed by atoms with Crippen LogP contribution in [-0.4, -0.2) is 57.4 Å². The van der Waals surface area contributed by atoms with Gasteiger partial charge < -0.3 is 24.2 Å². The Morgan fingerprint density at radius 1 is 1.09 bits per heavy atom. The van der Waals surface area contributed by atoms with Crippen molar-refractivity contribution in [3.05, 3.63) is 58.9 Å². The van der Waals surface area contributed by atoms with Crippen LogP contribution in [0.5, 0.6) is 11.5 Å². The lowest BCUT2D eigenvalue weighted by Crippen LogP contribution is -2.30. The van der Waals surface area contributed by atoms with Crippen LogP contribution in [0, 0.1) is 0 Å². The molecule has 3 heterocycles. The van der Waals surface area contributed by atoms with E-state index in [1.165, 1.54) is 31.4 Å². The molecular formula is C25H26F3N3O4. The van der Waals surface area contributed by atoms with Gasteiger partial charge in [-0.05, 0) is 42.3 Å². The van der Waals surface area contributed by atoms with Gasteiger partial charge in [0, 0.05) is 36.8 Å². The van der Waals surface area contributed by atoms with Gasteiger partial charge in [0.05, 0.1) is 44.7 Å². The maximum Gasteiger partial charge on any atom is 0.418 e. The van der Waals surface area contributed by atoms with Crippen LogP contribution in [0.15, 0.2) is 52.8 Å². The summed E-state index contributed by atoms with van der Waals surface area (Å²) < 4.78 is 58.8. The number of anilines is 2. The smallest absolute Gasteiger partial charge is 0.418 e. The number of ether oxygens (including phenoxy) is 3. The van der Waals surface area contributed by atoms with Crippen molar-refractivity contribution in [2.24, 2.45) is 5.10 Å². The van der Waals surface area contributed by atoms with E-state index < -0.39 is 17.8 Å². The average Bonchev–Trinajstić information content (AvgIpc) is 3.51. The van der Waals surface area contributed by atoms with E-state index >= 15 is 0 Å². The molecule has 10 heteroatoms. The fourth-order valence-corrected chi connectivity index (χ4v) is 4.68. The van der Waals surface area contributed by atoms with Crippen LogP contribution < -0.4 is 19.4 Å². The van der Waals surface area contributed by atoms with E-state index in [1.807, 2.05) is 4.90 Å². The zero-order valence-corrected chi connectivity index (χ0v) is 19.4. The van der Waals surface area contributed by atoms with E-state index in [1.54, 1.807) is 18.2 Å². The molecule has 7 nitrogen and oxygen atoms in total. The number of nitrogens with zero attached hydrogens (tertiary/aromatic N) is 3. The molecule has 0 bridgehead atoms. The minimum atomic E-state index is -4.56. The Kier molecular flexibility index (Phi) is 6.00. The lowest BCUT2D eigenvalue weighted by Gasteiger charge is -2.30. The summed E-state index contributed by atoms with van der Waals surface area (Å²) in [5.74, 6) is 1.65. The van der Waals surface area contributed by atoms with Gasteiger partial charge in [-0.1, -0.05) is 0 Å². The quantitative estimate of drug-likeness (QED) is 0.680. The third kappa shape index (κ3) is 4.50. The highest BCUT2D eigenvalue weighted by molar-refractivity contribution is 6.13. The Hall–Kier alpha value is -3.40. The molecule has 2 aromatic rings. The molecule has 0 aromatic heterocycles. The van der Waals surface area contributed by atoms with Crippen LogP contribution in [0.3, 0.4) is 0 Å². The maximum atomic E-state index is 14.1. The van der Waals surface area contributed by atoms with Crippen molar-refractivity contribution in [2.75, 3.05) is 50.4 Å². The number of β-amino-alcohol motifs (C(OH)–C–C–N with tert-alkyl or cyclic N) is 1. The summed E-state index contributed by atoms with van der Waals surface area (Å²) in [7, 11) is 3.06. The van der Waals surface area contributed by atoms with Crippen molar-refractivity contribution in [3.8, 4) is 11.5 Å². The number of aliphatic hydroxyl groups excluding tert-OH is 1. The number of halogens is 3. The molecule has 0 radical (unpaired) electrons. The van der Waals surface area contributed by atoms with Crippen LogP contribution in [-0.2, 0) is 10.9 Å². The lowest BCUT2D eigenvalue weighted by molar-refractivity contribution is -0.137. The van der Waals surface area contributed by atoms with Crippen molar-refractivity contribution >= 4 is 17.1 Å². The molecule has 186 valence electrons. The molecule has 2 aromatic carbocycles. The normalized spacial score (nSPS) is 20.1. The van der Waals surface area contributed by atoms with Crippen molar-refractivity contribution < 1.29 is 32.5 Å². The molecule has 0 aliphatic carbocycles. The molecule has 1 atom stereocenters. The second kappa shape index (κ2) is 8.99. The first-order valence-electron chi connectivity index (χ1n) is 11.4. The van der Waals surface area contributed by atoms with Gasteiger partial charge in [-0.3, -0.25) is 5.01 Å². The zero-order chi connectivity index (χ0) is 24.7. The molecule has 0 spiro atoms. The third-order valence-corrected chi connectivity index (χ3v) is 6.47. The molecule has 0 amide bonds. The zero-order valence-electron chi connectivity index (χ0n) is 19.4. The van der Waals surface area contributed by atoms with Gasteiger partial charge >= 0.3 is 6.18 Å². The van der Waals surface area contributed by atoms with Crippen molar-refractivity contribution in [1.29, 1.82) is 0 Å². The SMILES string of the molecule is COc1cc(OC)cc(C2=NN(c3cc(N4CC[C@H](O)C4)ccc3C(F)(F)F)CC3=C2OCC3)c1. The second-order valence-corrected chi connectivity index (χ2v) is 8.73. The van der Waals surface area contributed by atoms with E-state index in [4.69, 9.17) is 14.2 Å². The molecule has 5 rings (SSSR count). The van der Waals surface area contributed by atoms with Gasteiger partial charge in [-0.15, -0.1) is 0 Å². The highest BCUT2D eigenvalue weighted by atomic mass is 19.4. The van der Waals surface area contributed by atoms with Crippen molar-refractivity contribution in [2.45, 2.75) is 25.1 Å². The monoisotopic (exact) mass is 489 g/mol. The minimum absolute atomic E-state index is 0.0396. The number of hydrazone groups is 1. The standard InChI is InChI=1S/C25H26F3N3O4/c1-33-19-9-16(10-20(12-19)34-2)23-24-15(6-8-35-24)13-31(29-23)22-11-17(30-7-5-18(32)14-30)3-4-21(22)25(26,27)28/h3-4,9-12,18,32H,5-8,13-14H2,1-2H3/t18-/m0/s1. The molecule has 3 aliphatic rings.